The monoisotopic (exact) mass is 1340 g/mol. The van der Waals surface area contributed by atoms with Gasteiger partial charge in [0.05, 0.1) is 49.6 Å². The molecule has 93 heavy (non-hydrogen) atoms. The maximum atomic E-state index is 14.6. The zero-order chi connectivity index (χ0) is 68.5. The van der Waals surface area contributed by atoms with Crippen LogP contribution in [0.15, 0.2) is 32.5 Å². The molecular weight excluding hydrogens is 1240 g/mol. The minimum Gasteiger partial charge on any atom is -0.463 e. The van der Waals surface area contributed by atoms with Crippen molar-refractivity contribution >= 4 is 47.7 Å². The summed E-state index contributed by atoms with van der Waals surface area (Å²) in [5, 5.41) is 113. The third-order valence-electron chi connectivity index (χ3n) is 15.6. The average Bonchev–Trinajstić information content (AvgIpc) is 0.881. The highest BCUT2D eigenvalue weighted by atomic mass is 19.2. The first-order valence-corrected chi connectivity index (χ1v) is 31.4. The number of nitrogens with one attached hydrogen (secondary N) is 2. The summed E-state index contributed by atoms with van der Waals surface area (Å²) in [6.45, 7) is -2.33. The van der Waals surface area contributed by atoms with E-state index in [-0.39, 0.29) is 101 Å². The molecule has 3 saturated heterocycles. The lowest BCUT2D eigenvalue weighted by atomic mass is 10.0. The number of rotatable bonds is 42. The minimum atomic E-state index is -1.90. The summed E-state index contributed by atoms with van der Waals surface area (Å²) in [6.07, 6.45) is -4.81. The molecule has 0 saturated carbocycles. The summed E-state index contributed by atoms with van der Waals surface area (Å²) < 4.78 is 95.5. The predicted octanol–water partition coefficient (Wildman–Crippen LogP) is 0.761. The molecule has 16 N–H and O–H groups in total. The van der Waals surface area contributed by atoms with E-state index in [1.165, 1.54) is 25.6 Å². The Morgan fingerprint density at radius 3 is 1.52 bits per heavy atom. The van der Waals surface area contributed by atoms with Crippen molar-refractivity contribution < 1.29 is 121 Å². The number of carbonyl (C=O) groups excluding carboxylic acids is 4. The largest absolute Gasteiger partial charge is 0.463 e. The van der Waals surface area contributed by atoms with Crippen molar-refractivity contribution in [2.24, 2.45) is 31.9 Å². The van der Waals surface area contributed by atoms with Gasteiger partial charge in [-0.05, 0) is 64.0 Å². The van der Waals surface area contributed by atoms with Crippen molar-refractivity contribution in [2.45, 2.75) is 240 Å². The number of aliphatic hydroxyl groups is 10. The van der Waals surface area contributed by atoms with E-state index < -0.39 is 183 Å². The molecule has 33 heteroatoms. The van der Waals surface area contributed by atoms with Crippen LogP contribution in [0.1, 0.15) is 154 Å². The molecule has 0 radical (unpaired) electrons. The third-order valence-corrected chi connectivity index (χ3v) is 15.6. The fourth-order valence-electron chi connectivity index (χ4n) is 10.1. The third kappa shape index (κ3) is 27.3. The first-order chi connectivity index (χ1) is 44.5. The summed E-state index contributed by atoms with van der Waals surface area (Å²) in [6, 6.07) is 0. The van der Waals surface area contributed by atoms with Crippen molar-refractivity contribution in [1.29, 1.82) is 0 Å². The number of hydrazone groups is 2. The number of hydrogen-bond acceptors (Lipinski definition) is 28. The average molecular weight is 1340 g/mol. The van der Waals surface area contributed by atoms with Gasteiger partial charge in [0, 0.05) is 69.4 Å². The van der Waals surface area contributed by atoms with Gasteiger partial charge in [0.25, 0.3) is 0 Å². The van der Waals surface area contributed by atoms with Gasteiger partial charge >= 0.3 is 17.9 Å². The van der Waals surface area contributed by atoms with Crippen LogP contribution < -0.4 is 27.1 Å². The van der Waals surface area contributed by atoms with Gasteiger partial charge in [0.1, 0.15) is 68.2 Å². The Morgan fingerprint density at radius 2 is 1.04 bits per heavy atom. The van der Waals surface area contributed by atoms with Crippen molar-refractivity contribution in [3.8, 4) is 5.75 Å². The van der Waals surface area contributed by atoms with Crippen LogP contribution in [0.5, 0.6) is 5.75 Å². The Morgan fingerprint density at radius 1 is 0.591 bits per heavy atom. The van der Waals surface area contributed by atoms with Crippen molar-refractivity contribution in [3.63, 3.8) is 0 Å². The Balaban J connectivity index is 1.41. The van der Waals surface area contributed by atoms with Crippen LogP contribution in [-0.2, 0) is 54.0 Å². The summed E-state index contributed by atoms with van der Waals surface area (Å²) in [5.41, 5.74) is -2.17. The number of amides is 1. The van der Waals surface area contributed by atoms with Gasteiger partial charge in [0.2, 0.25) is 11.7 Å². The molecule has 4 rings (SSSR count). The topological polar surface area (TPSA) is 461 Å². The molecule has 29 nitrogen and oxygen atoms in total. The van der Waals surface area contributed by atoms with E-state index in [0.717, 1.165) is 12.8 Å². The van der Waals surface area contributed by atoms with Gasteiger partial charge in [-0.2, -0.15) is 14.6 Å². The van der Waals surface area contributed by atoms with E-state index in [0.29, 0.717) is 44.9 Å². The zero-order valence-corrected chi connectivity index (χ0v) is 52.2. The Kier molecular flexibility index (Phi) is 36.2. The van der Waals surface area contributed by atoms with Crippen LogP contribution in [0.4, 0.5) is 17.6 Å². The van der Waals surface area contributed by atoms with E-state index in [2.05, 4.69) is 30.8 Å². The number of nitrogens with zero attached hydrogens (tertiary/aromatic N) is 4. The number of unbranched alkanes of at least 4 members (excludes halogenated alkanes) is 8. The van der Waals surface area contributed by atoms with E-state index in [4.69, 9.17) is 44.8 Å². The summed E-state index contributed by atoms with van der Waals surface area (Å²) in [4.78, 5) is 62.6. The van der Waals surface area contributed by atoms with Gasteiger partial charge in [0.15, 0.2) is 41.9 Å². The first kappa shape index (κ1) is 79.4. The number of carbonyl (C=O) groups is 4. The van der Waals surface area contributed by atoms with E-state index in [1.807, 2.05) is 0 Å². The number of esters is 3. The molecule has 1 aromatic rings. The standard InChI is InChI=1S/C60H94F4N8O21/c1-2-37-52(61)54(63)55(64)59(53(37)62)93-51(83)20-11-8-6-4-3-5-7-10-18-44(79)70-60(32-87-48(80)19-12-9-13-23-67-45-24-38(76)56(84)41(29-73)90-45,33-88-49(81)21-14-16-35(71-65)27-68-46-25-39(77)57(85)42(30-74)91-46)34-89-50(82)22-15-17-36(72-66)28-69-47-26-40(78)58(86)43(31-75)92-47/h13,23,27-28,38-43,45-47,51,56-58,67,73-78,83-86H,2-12,14-22,24-26,29-34,65-66H2,1H3,(H,70,79)/b23-13+,68-27?,69-28?,71-35?,72-36?/t38-,39-,40-,41-,42-,43-,45-,46-,47-,51?,56-,57-,58-,60?/m1/s1. The Labute approximate surface area is 536 Å². The number of aliphatic hydroxyl groups excluding tert-OH is 10. The second-order valence-corrected chi connectivity index (χ2v) is 23.0. The smallest absolute Gasteiger partial charge is 0.305 e. The van der Waals surface area contributed by atoms with Gasteiger partial charge in [-0.3, -0.25) is 29.2 Å². The lowest BCUT2D eigenvalue weighted by Crippen LogP contribution is -2.59. The van der Waals surface area contributed by atoms with Gasteiger partial charge < -0.3 is 107 Å². The Hall–Kier alpha value is -6.08. The van der Waals surface area contributed by atoms with Crippen LogP contribution >= 0.6 is 0 Å². The SMILES string of the molecule is CCc1c(F)c(F)c(F)c(OC(O)CCCCCCCCCCC(=O)NC(COC(=O)CCC/C=C/N[C@H]2C[C@@H](O)[C@@H](O)[C@@H](CO)O2)(COC(=O)CCCC(C=N[C@H]2C[C@@H](O)[C@@H](O)[C@@H](CO)O2)=NN)COC(=O)CCCC(C=N[C@H]2C[C@@H](O)[C@@H](O)[C@@H](CO)O2)=NN)c1F. The lowest BCUT2D eigenvalue weighted by molar-refractivity contribution is -0.184. The molecule has 1 aromatic carbocycles. The normalized spacial score (nSPS) is 25.7. The molecular formula is C60H94F4N8O21. The predicted molar refractivity (Wildman–Crippen MR) is 323 cm³/mol. The highest BCUT2D eigenvalue weighted by molar-refractivity contribution is 6.31. The van der Waals surface area contributed by atoms with Gasteiger partial charge in [-0.25, -0.2) is 13.2 Å². The number of hydrogen-bond donors (Lipinski definition) is 14. The maximum absolute atomic E-state index is 14.6. The molecule has 13 atom stereocenters. The van der Waals surface area contributed by atoms with Crippen LogP contribution in [-0.4, -0.2) is 224 Å². The molecule has 3 heterocycles. The molecule has 3 aliphatic heterocycles. The number of benzene rings is 1. The first-order valence-electron chi connectivity index (χ1n) is 31.4. The molecule has 0 spiro atoms. The molecule has 1 amide bonds. The molecule has 1 unspecified atom stereocenters. The van der Waals surface area contributed by atoms with Crippen molar-refractivity contribution in [3.05, 3.63) is 41.1 Å². The van der Waals surface area contributed by atoms with E-state index >= 15 is 0 Å². The molecule has 528 valence electrons. The quantitative estimate of drug-likeness (QED) is 0.00410. The van der Waals surface area contributed by atoms with E-state index in [9.17, 15) is 87.8 Å². The van der Waals surface area contributed by atoms with E-state index in [1.54, 1.807) is 6.08 Å². The summed E-state index contributed by atoms with van der Waals surface area (Å²) in [5.74, 6) is 0.182. The minimum absolute atomic E-state index is 0.0342. The maximum Gasteiger partial charge on any atom is 0.305 e. The zero-order valence-electron chi connectivity index (χ0n) is 52.2. The Bertz CT molecular complexity index is 2530. The highest BCUT2D eigenvalue weighted by Crippen LogP contribution is 2.32. The number of aliphatic imine (C=N–C) groups is 2. The molecule has 3 fully saturated rings. The van der Waals surface area contributed by atoms with Crippen molar-refractivity contribution in [1.82, 2.24) is 10.6 Å². The second kappa shape index (κ2) is 42.4. The lowest BCUT2D eigenvalue weighted by Gasteiger charge is -2.36. The van der Waals surface area contributed by atoms with Gasteiger partial charge in [-0.15, -0.1) is 0 Å². The fourth-order valence-corrected chi connectivity index (χ4v) is 10.1. The summed E-state index contributed by atoms with van der Waals surface area (Å²) in [7, 11) is 0. The van der Waals surface area contributed by atoms with Crippen LogP contribution in [0, 0.1) is 23.3 Å². The van der Waals surface area contributed by atoms with Crippen molar-refractivity contribution in [2.75, 3.05) is 39.6 Å². The molecule has 0 aromatic heterocycles. The number of halogens is 4. The molecule has 0 bridgehead atoms. The number of ether oxygens (including phenoxy) is 7. The number of nitrogens with two attached hydrogens (primary N) is 2. The molecule has 0 aliphatic carbocycles. The number of allylic oxidation sites excluding steroid dienone is 1. The van der Waals surface area contributed by atoms with Crippen LogP contribution in [0.2, 0.25) is 0 Å². The van der Waals surface area contributed by atoms with Gasteiger partial charge in [-0.1, -0.05) is 51.5 Å². The van der Waals surface area contributed by atoms with Crippen LogP contribution in [0.25, 0.3) is 0 Å². The molecule has 3 aliphatic rings. The van der Waals surface area contributed by atoms with Crippen LogP contribution in [0.3, 0.4) is 0 Å². The second-order valence-electron chi connectivity index (χ2n) is 23.0. The fraction of sp³-hybridized carbons (Fsp3) is 0.733. The highest BCUT2D eigenvalue weighted by Gasteiger charge is 2.40. The summed E-state index contributed by atoms with van der Waals surface area (Å²) >= 11 is 0.